The van der Waals surface area contributed by atoms with E-state index in [4.69, 9.17) is 15.7 Å². The molecule has 0 atom stereocenters. The Hall–Kier alpha value is -3.97. The molecule has 4 rings (SSSR count). The van der Waals surface area contributed by atoms with Gasteiger partial charge in [-0.05, 0) is 31.5 Å². The Balaban J connectivity index is 1.68. The van der Waals surface area contributed by atoms with Crippen LogP contribution >= 0.6 is 0 Å². The number of ether oxygens (including phenoxy) is 1. The maximum Gasteiger partial charge on any atom is 0.261 e. The fourth-order valence-corrected chi connectivity index (χ4v) is 3.92. The molecule has 0 aliphatic carbocycles. The Kier molecular flexibility index (Phi) is 6.24. The molecule has 0 bridgehead atoms. The van der Waals surface area contributed by atoms with Crippen molar-refractivity contribution in [3.05, 3.63) is 53.2 Å². The lowest BCUT2D eigenvalue weighted by atomic mass is 10.1. The molecular weight excluding hydrogens is 422 g/mol. The van der Waals surface area contributed by atoms with E-state index in [1.54, 1.807) is 4.90 Å². The van der Waals surface area contributed by atoms with Crippen molar-refractivity contribution in [2.75, 3.05) is 36.5 Å². The quantitative estimate of drug-likeness (QED) is 0.658. The number of anilines is 2. The van der Waals surface area contributed by atoms with Gasteiger partial charge in [-0.1, -0.05) is 0 Å². The maximum absolute atomic E-state index is 13.1. The first-order valence-corrected chi connectivity index (χ1v) is 10.7. The fourth-order valence-electron chi connectivity index (χ4n) is 3.92. The van der Waals surface area contributed by atoms with E-state index in [0.29, 0.717) is 44.1 Å². The van der Waals surface area contributed by atoms with E-state index in [1.165, 1.54) is 12.4 Å². The Morgan fingerprint density at radius 3 is 2.58 bits per heavy atom. The second-order valence-electron chi connectivity index (χ2n) is 8.09. The van der Waals surface area contributed by atoms with Crippen LogP contribution in [0.25, 0.3) is 5.57 Å². The number of nitriles is 1. The number of aromatic nitrogens is 2. The molecule has 33 heavy (non-hydrogen) atoms. The molecule has 0 saturated carbocycles. The van der Waals surface area contributed by atoms with E-state index < -0.39 is 5.91 Å². The lowest BCUT2D eigenvalue weighted by Gasteiger charge is -2.31. The first kappa shape index (κ1) is 22.2. The van der Waals surface area contributed by atoms with Crippen LogP contribution in [0.5, 0.6) is 0 Å². The molecule has 0 spiro atoms. The van der Waals surface area contributed by atoms with Crippen LogP contribution in [0.15, 0.2) is 30.7 Å². The third-order valence-corrected chi connectivity index (χ3v) is 5.71. The number of morpholine rings is 1. The Morgan fingerprint density at radius 1 is 1.27 bits per heavy atom. The minimum Gasteiger partial charge on any atom is -0.404 e. The topological polar surface area (TPSA) is 137 Å². The van der Waals surface area contributed by atoms with Gasteiger partial charge in [0.1, 0.15) is 6.07 Å². The van der Waals surface area contributed by atoms with Gasteiger partial charge in [0.15, 0.2) is 5.82 Å². The van der Waals surface area contributed by atoms with Crippen molar-refractivity contribution < 1.29 is 14.3 Å². The number of carbonyl (C=O) groups is 2. The number of nitrogens with one attached hydrogen (secondary N) is 1. The summed E-state index contributed by atoms with van der Waals surface area (Å²) in [6.07, 6.45) is 3.81. The Morgan fingerprint density at radius 2 is 1.97 bits per heavy atom. The molecule has 0 radical (unpaired) electrons. The minimum absolute atomic E-state index is 0.0130. The number of hydrogen-bond acceptors (Lipinski definition) is 8. The highest BCUT2D eigenvalue weighted by atomic mass is 16.5. The number of nitrogens with zero attached hydrogens (tertiary/aromatic N) is 5. The average molecular weight is 447 g/mol. The molecule has 3 N–H and O–H groups in total. The highest BCUT2D eigenvalue weighted by molar-refractivity contribution is 6.25. The van der Waals surface area contributed by atoms with E-state index in [2.05, 4.69) is 20.2 Å². The zero-order chi connectivity index (χ0) is 23.5. The van der Waals surface area contributed by atoms with E-state index in [-0.39, 0.29) is 28.9 Å². The minimum atomic E-state index is -0.485. The number of carbonyl (C=O) groups excluding carboxylic acids is 2. The second-order valence-corrected chi connectivity index (χ2v) is 8.09. The molecule has 1 fully saturated rings. The number of fused-ring (bicyclic) bond motifs is 1. The first-order valence-electron chi connectivity index (χ1n) is 10.7. The van der Waals surface area contributed by atoms with Crippen molar-refractivity contribution in [1.29, 1.82) is 5.26 Å². The largest absolute Gasteiger partial charge is 0.404 e. The SMILES string of the molecule is CC(C)N1Cc2cc(NC(=O)C(=CN)c3ncc(C#N)cn3)c(N3CCOCC3)cc2C1=O. The van der Waals surface area contributed by atoms with Gasteiger partial charge in [-0.2, -0.15) is 5.26 Å². The number of hydrogen-bond donors (Lipinski definition) is 2. The monoisotopic (exact) mass is 447 g/mol. The summed E-state index contributed by atoms with van der Waals surface area (Å²) in [6, 6.07) is 5.71. The molecule has 1 aromatic heterocycles. The van der Waals surface area contributed by atoms with Gasteiger partial charge in [0.25, 0.3) is 11.8 Å². The van der Waals surface area contributed by atoms with Crippen LogP contribution in [0.3, 0.4) is 0 Å². The van der Waals surface area contributed by atoms with Gasteiger partial charge in [0.2, 0.25) is 0 Å². The summed E-state index contributed by atoms with van der Waals surface area (Å²) in [6.45, 7) is 6.84. The molecule has 2 aliphatic heterocycles. The third kappa shape index (κ3) is 4.36. The number of benzene rings is 1. The molecule has 2 aliphatic rings. The highest BCUT2D eigenvalue weighted by Gasteiger charge is 2.32. The van der Waals surface area contributed by atoms with Crippen LogP contribution < -0.4 is 16.0 Å². The van der Waals surface area contributed by atoms with Gasteiger partial charge < -0.3 is 25.6 Å². The fraction of sp³-hybridized carbons (Fsp3) is 0.348. The van der Waals surface area contributed by atoms with E-state index >= 15 is 0 Å². The van der Waals surface area contributed by atoms with Gasteiger partial charge in [-0.3, -0.25) is 9.59 Å². The van der Waals surface area contributed by atoms with Crippen LogP contribution in [-0.4, -0.2) is 59.0 Å². The predicted octanol–water partition coefficient (Wildman–Crippen LogP) is 1.49. The van der Waals surface area contributed by atoms with Crippen molar-refractivity contribution in [2.24, 2.45) is 5.73 Å². The van der Waals surface area contributed by atoms with Crippen molar-refractivity contribution in [3.63, 3.8) is 0 Å². The maximum atomic E-state index is 13.1. The summed E-state index contributed by atoms with van der Waals surface area (Å²) in [5, 5.41) is 11.9. The number of nitrogens with two attached hydrogens (primary N) is 1. The molecule has 1 aromatic carbocycles. The average Bonchev–Trinajstić information content (AvgIpc) is 3.15. The van der Waals surface area contributed by atoms with Crippen LogP contribution in [0.1, 0.15) is 41.2 Å². The summed E-state index contributed by atoms with van der Waals surface area (Å²) in [7, 11) is 0. The van der Waals surface area contributed by atoms with Gasteiger partial charge >= 0.3 is 0 Å². The van der Waals surface area contributed by atoms with Crippen molar-refractivity contribution in [3.8, 4) is 6.07 Å². The standard InChI is InChI=1S/C23H25N7O3/c1-14(2)30-13-16-7-19(20(8-17(16)23(30)32)29-3-5-33-6-4-29)28-22(31)18(10-25)21-26-11-15(9-24)12-27-21/h7-8,10-12,14H,3-6,13,25H2,1-2H3,(H,28,31). The van der Waals surface area contributed by atoms with E-state index in [1.807, 2.05) is 32.0 Å². The van der Waals surface area contributed by atoms with Gasteiger partial charge in [-0.15, -0.1) is 0 Å². The molecule has 10 heteroatoms. The van der Waals surface area contributed by atoms with Crippen LogP contribution in [0.2, 0.25) is 0 Å². The van der Waals surface area contributed by atoms with E-state index in [9.17, 15) is 9.59 Å². The third-order valence-electron chi connectivity index (χ3n) is 5.71. The lowest BCUT2D eigenvalue weighted by Crippen LogP contribution is -2.37. The molecule has 3 heterocycles. The number of amides is 2. The highest BCUT2D eigenvalue weighted by Crippen LogP contribution is 2.36. The Labute approximate surface area is 191 Å². The van der Waals surface area contributed by atoms with E-state index in [0.717, 1.165) is 17.5 Å². The van der Waals surface area contributed by atoms with Crippen LogP contribution in [0, 0.1) is 11.3 Å². The molecule has 2 amide bonds. The smallest absolute Gasteiger partial charge is 0.261 e. The molecule has 170 valence electrons. The zero-order valence-electron chi connectivity index (χ0n) is 18.5. The second kappa shape index (κ2) is 9.26. The molecular formula is C23H25N7O3. The summed E-state index contributed by atoms with van der Waals surface area (Å²) >= 11 is 0. The summed E-state index contributed by atoms with van der Waals surface area (Å²) in [5.41, 5.74) is 8.91. The van der Waals surface area contributed by atoms with Gasteiger partial charge in [0.05, 0.1) is 35.7 Å². The Bertz CT molecular complexity index is 1150. The summed E-state index contributed by atoms with van der Waals surface area (Å²) in [5.74, 6) is -0.383. The lowest BCUT2D eigenvalue weighted by molar-refractivity contribution is -0.111. The van der Waals surface area contributed by atoms with Crippen LogP contribution in [0.4, 0.5) is 11.4 Å². The van der Waals surface area contributed by atoms with Gasteiger partial charge in [-0.25, -0.2) is 9.97 Å². The molecule has 0 unspecified atom stereocenters. The molecule has 10 nitrogen and oxygen atoms in total. The predicted molar refractivity (Wildman–Crippen MR) is 122 cm³/mol. The van der Waals surface area contributed by atoms with Crippen LogP contribution in [-0.2, 0) is 16.1 Å². The first-order chi connectivity index (χ1) is 15.9. The summed E-state index contributed by atoms with van der Waals surface area (Å²) in [4.78, 5) is 38.1. The van der Waals surface area contributed by atoms with Crippen molar-refractivity contribution in [1.82, 2.24) is 14.9 Å². The normalized spacial score (nSPS) is 16.1. The van der Waals surface area contributed by atoms with Crippen molar-refractivity contribution >= 4 is 28.8 Å². The van der Waals surface area contributed by atoms with Crippen molar-refractivity contribution in [2.45, 2.75) is 26.4 Å². The van der Waals surface area contributed by atoms with Gasteiger partial charge in [0, 0.05) is 49.8 Å². The number of rotatable bonds is 5. The zero-order valence-corrected chi connectivity index (χ0v) is 18.5. The molecule has 2 aromatic rings. The molecule has 1 saturated heterocycles. The summed E-state index contributed by atoms with van der Waals surface area (Å²) < 4.78 is 5.47.